The van der Waals surface area contributed by atoms with Crippen molar-refractivity contribution in [1.82, 2.24) is 10.2 Å². The molecule has 0 fully saturated rings. The van der Waals surface area contributed by atoms with Gasteiger partial charge in [-0.1, -0.05) is 12.1 Å². The summed E-state index contributed by atoms with van der Waals surface area (Å²) in [5.74, 6) is 0.697. The fourth-order valence-corrected chi connectivity index (χ4v) is 4.56. The first-order chi connectivity index (χ1) is 17.0. The third-order valence-corrected chi connectivity index (χ3v) is 6.74. The van der Waals surface area contributed by atoms with E-state index in [2.05, 4.69) is 5.32 Å². The minimum atomic E-state index is -3.85. The molecule has 0 aliphatic carbocycles. The monoisotopic (exact) mass is 519 g/mol. The van der Waals surface area contributed by atoms with Gasteiger partial charge in [0.05, 0.1) is 19.1 Å². The predicted molar refractivity (Wildman–Crippen MR) is 136 cm³/mol. The molecule has 36 heavy (non-hydrogen) atoms. The van der Waals surface area contributed by atoms with Crippen molar-refractivity contribution in [3.63, 3.8) is 0 Å². The molecule has 2 aromatic rings. The van der Waals surface area contributed by atoms with Gasteiger partial charge < -0.3 is 24.4 Å². The Kier molecular flexibility index (Phi) is 8.67. The molecule has 1 heterocycles. The van der Waals surface area contributed by atoms with Crippen LogP contribution in [-0.4, -0.2) is 70.3 Å². The van der Waals surface area contributed by atoms with Crippen LogP contribution in [0.3, 0.4) is 0 Å². The van der Waals surface area contributed by atoms with Crippen LogP contribution in [0.2, 0.25) is 0 Å². The van der Waals surface area contributed by atoms with E-state index in [1.54, 1.807) is 50.4 Å². The lowest BCUT2D eigenvalue weighted by Gasteiger charge is -2.32. The molecule has 0 spiro atoms. The Balaban J connectivity index is 1.91. The standard InChI is InChI=1S/C25H33N3O7S/c1-17(2)26-25(30)18(3)27(15-19-6-9-21(33-4)10-7-19)24(29)16-28(36(5,31)32)20-8-11-22-23(14-20)35-13-12-34-22/h6-11,14,17-18H,12-13,15-16H2,1-5H3,(H,26,30). The first kappa shape index (κ1) is 27.1. The van der Waals surface area contributed by atoms with Crippen LogP contribution < -0.4 is 23.8 Å². The summed E-state index contributed by atoms with van der Waals surface area (Å²) in [6.45, 7) is 5.63. The van der Waals surface area contributed by atoms with Crippen molar-refractivity contribution < 1.29 is 32.2 Å². The summed E-state index contributed by atoms with van der Waals surface area (Å²) in [6.07, 6.45) is 1.03. The number of ether oxygens (including phenoxy) is 3. The first-order valence-corrected chi connectivity index (χ1v) is 13.4. The molecule has 1 aliphatic rings. The Labute approximate surface area is 212 Å². The highest BCUT2D eigenvalue weighted by atomic mass is 32.2. The van der Waals surface area contributed by atoms with Crippen LogP contribution in [-0.2, 0) is 26.2 Å². The smallest absolute Gasteiger partial charge is 0.244 e. The second kappa shape index (κ2) is 11.5. The largest absolute Gasteiger partial charge is 0.497 e. The molecule has 0 saturated carbocycles. The van der Waals surface area contributed by atoms with Gasteiger partial charge in [-0.25, -0.2) is 8.42 Å². The zero-order valence-corrected chi connectivity index (χ0v) is 22.0. The highest BCUT2D eigenvalue weighted by Crippen LogP contribution is 2.34. The summed E-state index contributed by atoms with van der Waals surface area (Å²) >= 11 is 0. The number of amides is 2. The Morgan fingerprint density at radius 3 is 2.25 bits per heavy atom. The highest BCUT2D eigenvalue weighted by molar-refractivity contribution is 7.92. The topological polar surface area (TPSA) is 114 Å². The van der Waals surface area contributed by atoms with Gasteiger partial charge in [0.2, 0.25) is 21.8 Å². The number of benzene rings is 2. The summed E-state index contributed by atoms with van der Waals surface area (Å²) in [7, 11) is -2.29. The quantitative estimate of drug-likeness (QED) is 0.512. The molecule has 0 radical (unpaired) electrons. The van der Waals surface area contributed by atoms with E-state index in [-0.39, 0.29) is 24.2 Å². The van der Waals surface area contributed by atoms with E-state index in [0.29, 0.717) is 30.5 Å². The molecular formula is C25H33N3O7S. The van der Waals surface area contributed by atoms with Crippen molar-refractivity contribution in [1.29, 1.82) is 0 Å². The van der Waals surface area contributed by atoms with E-state index >= 15 is 0 Å². The second-order valence-electron chi connectivity index (χ2n) is 8.81. The highest BCUT2D eigenvalue weighted by Gasteiger charge is 2.31. The van der Waals surface area contributed by atoms with Gasteiger partial charge in [-0.05, 0) is 50.6 Å². The SMILES string of the molecule is COc1ccc(CN(C(=O)CN(c2ccc3c(c2)OCCO3)S(C)(=O)=O)C(C)C(=O)NC(C)C)cc1. The zero-order valence-electron chi connectivity index (χ0n) is 21.2. The molecule has 0 aromatic heterocycles. The Hall–Kier alpha value is -3.47. The van der Waals surface area contributed by atoms with Crippen molar-refractivity contribution in [2.75, 3.05) is 37.4 Å². The Bertz CT molecular complexity index is 1180. The lowest BCUT2D eigenvalue weighted by Crippen LogP contribution is -2.52. The zero-order chi connectivity index (χ0) is 26.5. The molecule has 11 heteroatoms. The number of carbonyl (C=O) groups is 2. The molecule has 1 N–H and O–H groups in total. The number of sulfonamides is 1. The maximum absolute atomic E-state index is 13.6. The number of rotatable bonds is 10. The van der Waals surface area contributed by atoms with Gasteiger partial charge in [0.1, 0.15) is 31.5 Å². The van der Waals surface area contributed by atoms with Crippen LogP contribution in [0.5, 0.6) is 17.2 Å². The van der Waals surface area contributed by atoms with E-state index in [9.17, 15) is 18.0 Å². The number of anilines is 1. The van der Waals surface area contributed by atoms with Gasteiger partial charge in [0, 0.05) is 18.7 Å². The predicted octanol–water partition coefficient (Wildman–Crippen LogP) is 2.17. The Morgan fingerprint density at radius 2 is 1.67 bits per heavy atom. The van der Waals surface area contributed by atoms with E-state index in [4.69, 9.17) is 14.2 Å². The van der Waals surface area contributed by atoms with Crippen molar-refractivity contribution in [2.24, 2.45) is 0 Å². The number of nitrogens with zero attached hydrogens (tertiary/aromatic N) is 2. The molecule has 196 valence electrons. The van der Waals surface area contributed by atoms with Crippen LogP contribution in [0.15, 0.2) is 42.5 Å². The average Bonchev–Trinajstić information content (AvgIpc) is 2.84. The number of methoxy groups -OCH3 is 1. The number of hydrogen-bond acceptors (Lipinski definition) is 7. The van der Waals surface area contributed by atoms with E-state index in [1.807, 2.05) is 13.8 Å². The van der Waals surface area contributed by atoms with Crippen LogP contribution >= 0.6 is 0 Å². The lowest BCUT2D eigenvalue weighted by molar-refractivity contribution is -0.139. The van der Waals surface area contributed by atoms with Crippen molar-refractivity contribution in [2.45, 2.75) is 39.4 Å². The van der Waals surface area contributed by atoms with Gasteiger partial charge in [-0.2, -0.15) is 0 Å². The van der Waals surface area contributed by atoms with Crippen molar-refractivity contribution in [3.05, 3.63) is 48.0 Å². The van der Waals surface area contributed by atoms with E-state index < -0.39 is 28.5 Å². The molecular weight excluding hydrogens is 486 g/mol. The average molecular weight is 520 g/mol. The van der Waals surface area contributed by atoms with E-state index in [0.717, 1.165) is 16.1 Å². The fraction of sp³-hybridized carbons (Fsp3) is 0.440. The van der Waals surface area contributed by atoms with Crippen molar-refractivity contribution >= 4 is 27.5 Å². The van der Waals surface area contributed by atoms with Crippen LogP contribution in [0.25, 0.3) is 0 Å². The normalized spacial score (nSPS) is 13.6. The summed E-state index contributed by atoms with van der Waals surface area (Å²) in [5, 5.41) is 2.82. The van der Waals surface area contributed by atoms with Gasteiger partial charge in [-0.15, -0.1) is 0 Å². The molecule has 1 atom stereocenters. The fourth-order valence-electron chi connectivity index (χ4n) is 3.72. The van der Waals surface area contributed by atoms with E-state index in [1.165, 1.54) is 11.0 Å². The molecule has 1 aliphatic heterocycles. The Morgan fingerprint density at radius 1 is 1.03 bits per heavy atom. The number of fused-ring (bicyclic) bond motifs is 1. The molecule has 1 unspecified atom stereocenters. The second-order valence-corrected chi connectivity index (χ2v) is 10.7. The number of nitrogens with one attached hydrogen (secondary N) is 1. The van der Waals surface area contributed by atoms with Gasteiger partial charge in [-0.3, -0.25) is 13.9 Å². The summed E-state index contributed by atoms with van der Waals surface area (Å²) in [4.78, 5) is 27.8. The minimum absolute atomic E-state index is 0.105. The third kappa shape index (κ3) is 6.81. The van der Waals surface area contributed by atoms with Gasteiger partial charge in [0.15, 0.2) is 11.5 Å². The maximum atomic E-state index is 13.6. The first-order valence-electron chi connectivity index (χ1n) is 11.6. The summed E-state index contributed by atoms with van der Waals surface area (Å²) in [5.41, 5.74) is 1.03. The molecule has 2 amide bonds. The minimum Gasteiger partial charge on any atom is -0.497 e. The third-order valence-electron chi connectivity index (χ3n) is 5.60. The lowest BCUT2D eigenvalue weighted by atomic mass is 10.1. The van der Waals surface area contributed by atoms with Gasteiger partial charge in [0.25, 0.3) is 0 Å². The number of hydrogen-bond donors (Lipinski definition) is 1. The van der Waals surface area contributed by atoms with Crippen LogP contribution in [0, 0.1) is 0 Å². The van der Waals surface area contributed by atoms with Crippen LogP contribution in [0.1, 0.15) is 26.3 Å². The summed E-state index contributed by atoms with van der Waals surface area (Å²) < 4.78 is 42.7. The molecule has 2 aromatic carbocycles. The molecule has 3 rings (SSSR count). The molecule has 0 bridgehead atoms. The maximum Gasteiger partial charge on any atom is 0.244 e. The van der Waals surface area contributed by atoms with Crippen molar-refractivity contribution in [3.8, 4) is 17.2 Å². The molecule has 10 nitrogen and oxygen atoms in total. The van der Waals surface area contributed by atoms with Gasteiger partial charge >= 0.3 is 0 Å². The van der Waals surface area contributed by atoms with Crippen LogP contribution in [0.4, 0.5) is 5.69 Å². The number of carbonyl (C=O) groups excluding carboxylic acids is 2. The summed E-state index contributed by atoms with van der Waals surface area (Å²) in [6, 6.07) is 10.8. The molecule has 0 saturated heterocycles.